The molecule has 1 N–H and O–H groups in total. The van der Waals surface area contributed by atoms with Gasteiger partial charge in [-0.05, 0) is 72.7 Å². The van der Waals surface area contributed by atoms with Crippen LogP contribution in [0.1, 0.15) is 48.0 Å². The van der Waals surface area contributed by atoms with Gasteiger partial charge in [-0.2, -0.15) is 0 Å². The molecule has 2 aromatic carbocycles. The highest BCUT2D eigenvalue weighted by Gasteiger charge is 2.22. The zero-order valence-electron chi connectivity index (χ0n) is 17.6. The van der Waals surface area contributed by atoms with Crippen LogP contribution in [0, 0.1) is 0 Å². The molecule has 3 nitrogen and oxygen atoms in total. The molecule has 158 valence electrons. The van der Waals surface area contributed by atoms with E-state index >= 15 is 0 Å². The number of thiophene rings is 1. The first-order chi connectivity index (χ1) is 15.1. The maximum atomic E-state index is 6.01. The third kappa shape index (κ3) is 4.45. The summed E-state index contributed by atoms with van der Waals surface area (Å²) in [4.78, 5) is 13.7. The predicted octanol–water partition coefficient (Wildman–Crippen LogP) is 7.99. The number of benzene rings is 2. The zero-order valence-corrected chi connectivity index (χ0v) is 20.0. The molecule has 6 heteroatoms. The van der Waals surface area contributed by atoms with Gasteiger partial charge in [0, 0.05) is 20.5 Å². The smallest absolute Gasteiger partial charge is 0.143 e. The fourth-order valence-electron chi connectivity index (χ4n) is 3.96. The van der Waals surface area contributed by atoms with Gasteiger partial charge < -0.3 is 5.32 Å². The van der Waals surface area contributed by atoms with Gasteiger partial charge in [0.2, 0.25) is 0 Å². The van der Waals surface area contributed by atoms with Crippen LogP contribution in [-0.2, 0) is 18.6 Å². The van der Waals surface area contributed by atoms with Crippen LogP contribution in [0.25, 0.3) is 10.2 Å². The monoisotopic (exact) mass is 465 g/mol. The highest BCUT2D eigenvalue weighted by atomic mass is 35.5. The van der Waals surface area contributed by atoms with Crippen molar-refractivity contribution in [1.82, 2.24) is 9.97 Å². The Hall–Kier alpha value is -2.08. The van der Waals surface area contributed by atoms with E-state index in [1.54, 1.807) is 11.8 Å². The van der Waals surface area contributed by atoms with Crippen molar-refractivity contribution >= 4 is 56.4 Å². The fourth-order valence-corrected chi connectivity index (χ4v) is 6.12. The van der Waals surface area contributed by atoms with Gasteiger partial charge in [-0.25, -0.2) is 9.97 Å². The molecule has 0 saturated heterocycles. The summed E-state index contributed by atoms with van der Waals surface area (Å²) in [5, 5.41) is 5.57. The van der Waals surface area contributed by atoms with Gasteiger partial charge >= 0.3 is 0 Å². The third-order valence-electron chi connectivity index (χ3n) is 5.63. The number of hydrogen-bond acceptors (Lipinski definition) is 5. The van der Waals surface area contributed by atoms with Crippen molar-refractivity contribution in [2.45, 2.75) is 49.7 Å². The van der Waals surface area contributed by atoms with Gasteiger partial charge in [0.15, 0.2) is 0 Å². The lowest BCUT2D eigenvalue weighted by molar-refractivity contribution is 0.867. The molecule has 0 saturated carbocycles. The molecule has 2 heterocycles. The lowest BCUT2D eigenvalue weighted by Gasteiger charge is -2.12. The van der Waals surface area contributed by atoms with Crippen LogP contribution in [0.2, 0.25) is 5.02 Å². The summed E-state index contributed by atoms with van der Waals surface area (Å²) in [6, 6.07) is 16.6. The van der Waals surface area contributed by atoms with Crippen molar-refractivity contribution in [2.24, 2.45) is 0 Å². The van der Waals surface area contributed by atoms with E-state index in [1.807, 2.05) is 35.6 Å². The van der Waals surface area contributed by atoms with E-state index in [0.29, 0.717) is 5.92 Å². The Labute approximate surface area is 196 Å². The number of rotatable bonds is 6. The molecular formula is C25H24ClN3S2. The normalized spacial score (nSPS) is 13.2. The number of thioether (sulfide) groups is 1. The molecule has 0 fully saturated rings. The Balaban J connectivity index is 1.47. The van der Waals surface area contributed by atoms with E-state index in [2.05, 4.69) is 43.4 Å². The first-order valence-corrected chi connectivity index (χ1v) is 12.8. The van der Waals surface area contributed by atoms with E-state index in [9.17, 15) is 0 Å². The minimum absolute atomic E-state index is 0.524. The summed E-state index contributed by atoms with van der Waals surface area (Å²) in [6.45, 7) is 4.44. The number of nitrogens with one attached hydrogen (secondary N) is 1. The van der Waals surface area contributed by atoms with Crippen LogP contribution in [0.3, 0.4) is 0 Å². The number of aryl methyl sites for hydroxylation is 2. The molecule has 0 unspecified atom stereocenters. The zero-order chi connectivity index (χ0) is 21.4. The molecule has 0 atom stereocenters. The van der Waals surface area contributed by atoms with Gasteiger partial charge in [-0.15, -0.1) is 23.1 Å². The Kier molecular flexibility index (Phi) is 5.91. The lowest BCUT2D eigenvalue weighted by atomic mass is 10.0. The minimum atomic E-state index is 0.524. The van der Waals surface area contributed by atoms with Gasteiger partial charge in [-0.1, -0.05) is 37.6 Å². The van der Waals surface area contributed by atoms with E-state index in [1.165, 1.54) is 32.7 Å². The van der Waals surface area contributed by atoms with E-state index < -0.39 is 0 Å². The maximum absolute atomic E-state index is 6.01. The van der Waals surface area contributed by atoms with Crippen LogP contribution >= 0.6 is 34.7 Å². The predicted molar refractivity (Wildman–Crippen MR) is 134 cm³/mol. The van der Waals surface area contributed by atoms with Crippen molar-refractivity contribution in [1.29, 1.82) is 0 Å². The molecule has 31 heavy (non-hydrogen) atoms. The number of fused-ring (bicyclic) bond motifs is 3. The van der Waals surface area contributed by atoms with Gasteiger partial charge in [0.05, 0.1) is 11.1 Å². The van der Waals surface area contributed by atoms with Crippen LogP contribution in [0.4, 0.5) is 11.5 Å². The third-order valence-corrected chi connectivity index (χ3v) is 8.08. The van der Waals surface area contributed by atoms with E-state index in [0.717, 1.165) is 45.8 Å². The average molecular weight is 466 g/mol. The van der Waals surface area contributed by atoms with Crippen molar-refractivity contribution in [3.8, 4) is 0 Å². The Morgan fingerprint density at radius 3 is 2.55 bits per heavy atom. The second-order valence-electron chi connectivity index (χ2n) is 8.17. The highest BCUT2D eigenvalue weighted by Crippen LogP contribution is 2.40. The van der Waals surface area contributed by atoms with Crippen molar-refractivity contribution < 1.29 is 0 Å². The first-order valence-electron chi connectivity index (χ1n) is 10.6. The molecular weight excluding hydrogens is 442 g/mol. The molecule has 2 aromatic heterocycles. The summed E-state index contributed by atoms with van der Waals surface area (Å²) in [5.41, 5.74) is 3.85. The topological polar surface area (TPSA) is 37.8 Å². The summed E-state index contributed by atoms with van der Waals surface area (Å²) >= 11 is 9.59. The standard InChI is InChI=1S/C25H24ClN3S2/c1-15(2)16-6-10-18(11-7-16)27-24-23-20-4-3-5-21(20)31-25(23)29-22(28-24)14-30-19-12-8-17(26)9-13-19/h6-13,15H,3-5,14H2,1-2H3,(H,27,28,29). The second kappa shape index (κ2) is 8.81. The minimum Gasteiger partial charge on any atom is -0.340 e. The Morgan fingerprint density at radius 2 is 1.81 bits per heavy atom. The SMILES string of the molecule is CC(C)c1ccc(Nc2nc(CSc3ccc(Cl)cc3)nc3sc4c(c23)CCC4)cc1. The summed E-state index contributed by atoms with van der Waals surface area (Å²) < 4.78 is 0. The molecule has 4 aromatic rings. The van der Waals surface area contributed by atoms with E-state index in [-0.39, 0.29) is 0 Å². The molecule has 5 rings (SSSR count). The van der Waals surface area contributed by atoms with Crippen LogP contribution < -0.4 is 5.32 Å². The number of aromatic nitrogens is 2. The van der Waals surface area contributed by atoms with E-state index in [4.69, 9.17) is 21.6 Å². The fraction of sp³-hybridized carbons (Fsp3) is 0.280. The van der Waals surface area contributed by atoms with Crippen LogP contribution in [0.5, 0.6) is 0 Å². The van der Waals surface area contributed by atoms with Crippen molar-refractivity contribution in [3.63, 3.8) is 0 Å². The largest absolute Gasteiger partial charge is 0.340 e. The van der Waals surface area contributed by atoms with Crippen molar-refractivity contribution in [2.75, 3.05) is 5.32 Å². The van der Waals surface area contributed by atoms with Crippen molar-refractivity contribution in [3.05, 3.63) is 75.4 Å². The van der Waals surface area contributed by atoms with Gasteiger partial charge in [0.1, 0.15) is 16.5 Å². The maximum Gasteiger partial charge on any atom is 0.143 e. The summed E-state index contributed by atoms with van der Waals surface area (Å²) in [5.74, 6) is 3.04. The molecule has 0 spiro atoms. The number of halogens is 1. The molecule has 0 bridgehead atoms. The first kappa shape index (κ1) is 20.8. The Morgan fingerprint density at radius 1 is 1.03 bits per heavy atom. The summed E-state index contributed by atoms with van der Waals surface area (Å²) in [7, 11) is 0. The highest BCUT2D eigenvalue weighted by molar-refractivity contribution is 7.98. The number of anilines is 2. The second-order valence-corrected chi connectivity index (χ2v) is 10.7. The van der Waals surface area contributed by atoms with Gasteiger partial charge in [-0.3, -0.25) is 0 Å². The molecule has 0 aliphatic heterocycles. The Bertz CT molecular complexity index is 1210. The average Bonchev–Trinajstić information content (AvgIpc) is 3.35. The molecule has 1 aliphatic rings. The molecule has 0 radical (unpaired) electrons. The molecule has 1 aliphatic carbocycles. The van der Waals surface area contributed by atoms with Crippen LogP contribution in [0.15, 0.2) is 53.4 Å². The van der Waals surface area contributed by atoms with Crippen LogP contribution in [-0.4, -0.2) is 9.97 Å². The quantitative estimate of drug-likeness (QED) is 0.293. The lowest BCUT2D eigenvalue weighted by Crippen LogP contribution is -2.01. The summed E-state index contributed by atoms with van der Waals surface area (Å²) in [6.07, 6.45) is 3.51. The van der Waals surface area contributed by atoms with Gasteiger partial charge in [0.25, 0.3) is 0 Å². The molecule has 0 amide bonds. The number of hydrogen-bond donors (Lipinski definition) is 1. The number of nitrogens with zero attached hydrogens (tertiary/aromatic N) is 2.